The number of nitrogens with zero attached hydrogens (tertiary/aromatic N) is 3. The molecule has 2 aromatic heterocycles. The van der Waals surface area contributed by atoms with Crippen LogP contribution in [0.25, 0.3) is 0 Å². The van der Waals surface area contributed by atoms with Crippen LogP contribution in [0.2, 0.25) is 0 Å². The van der Waals surface area contributed by atoms with Gasteiger partial charge in [-0.2, -0.15) is 0 Å². The molecular weight excluding hydrogens is 320 g/mol. The van der Waals surface area contributed by atoms with Gasteiger partial charge in [-0.15, -0.1) is 0 Å². The Morgan fingerprint density at radius 2 is 2.24 bits per heavy atom. The van der Waals surface area contributed by atoms with Crippen LogP contribution in [0, 0.1) is 0 Å². The van der Waals surface area contributed by atoms with Gasteiger partial charge in [-0.3, -0.25) is 0 Å². The van der Waals surface area contributed by atoms with Crippen molar-refractivity contribution < 1.29 is 14.1 Å². The lowest BCUT2D eigenvalue weighted by atomic mass is 10.1. The van der Waals surface area contributed by atoms with Gasteiger partial charge >= 0.3 is 6.03 Å². The van der Waals surface area contributed by atoms with E-state index in [1.54, 1.807) is 0 Å². The van der Waals surface area contributed by atoms with Crippen LogP contribution >= 0.6 is 0 Å². The molecule has 1 atom stereocenters. The third-order valence-electron chi connectivity index (χ3n) is 4.28. The number of nitrogens with one attached hydrogen (secondary N) is 1. The van der Waals surface area contributed by atoms with Crippen LogP contribution in [-0.4, -0.2) is 32.8 Å². The Hall–Kier alpha value is -2.28. The zero-order valence-corrected chi connectivity index (χ0v) is 15.3. The molecule has 1 aliphatic rings. The van der Waals surface area contributed by atoms with Gasteiger partial charge in [0.15, 0.2) is 5.76 Å². The number of carbonyl (C=O) groups excluding carboxylic acids is 1. The monoisotopic (exact) mass is 346 g/mol. The number of carbonyl (C=O) groups is 1. The van der Waals surface area contributed by atoms with Crippen molar-refractivity contribution in [2.45, 2.75) is 59.0 Å². The van der Waals surface area contributed by atoms with E-state index in [-0.39, 0.29) is 17.7 Å². The van der Waals surface area contributed by atoms with Crippen molar-refractivity contribution in [3.8, 4) is 0 Å². The van der Waals surface area contributed by atoms with Gasteiger partial charge in [0.2, 0.25) is 0 Å². The van der Waals surface area contributed by atoms with Crippen molar-refractivity contribution in [2.24, 2.45) is 0 Å². The van der Waals surface area contributed by atoms with E-state index < -0.39 is 0 Å². The lowest BCUT2D eigenvalue weighted by Crippen LogP contribution is -2.45. The molecule has 0 unspecified atom stereocenters. The fourth-order valence-electron chi connectivity index (χ4n) is 2.92. The van der Waals surface area contributed by atoms with Gasteiger partial charge in [-0.1, -0.05) is 5.16 Å². The summed E-state index contributed by atoms with van der Waals surface area (Å²) in [7, 11) is 0. The van der Waals surface area contributed by atoms with Crippen molar-refractivity contribution >= 4 is 6.03 Å². The summed E-state index contributed by atoms with van der Waals surface area (Å²) in [5, 5.41) is 6.91. The molecular formula is C18H26N4O3. The molecule has 2 aromatic rings. The fourth-order valence-corrected chi connectivity index (χ4v) is 2.92. The standard InChI is InChI=1S/C18H26N4O3/c1-13-16-6-5-7-21(16)8-9-22(13)17(23)19-11-14-10-15(25-20-14)12-24-18(2,3)4/h5-7,10,13H,8-9,11-12H2,1-4H3,(H,19,23)/t13-/m0/s1. The van der Waals surface area contributed by atoms with Gasteiger partial charge in [0.25, 0.3) is 0 Å². The first-order valence-electron chi connectivity index (χ1n) is 8.61. The maximum atomic E-state index is 12.5. The second kappa shape index (κ2) is 6.92. The van der Waals surface area contributed by atoms with E-state index >= 15 is 0 Å². The van der Waals surface area contributed by atoms with E-state index in [2.05, 4.69) is 27.3 Å². The van der Waals surface area contributed by atoms with Crippen molar-refractivity contribution in [3.63, 3.8) is 0 Å². The van der Waals surface area contributed by atoms with Crippen LogP contribution in [0.5, 0.6) is 0 Å². The van der Waals surface area contributed by atoms with Crippen molar-refractivity contribution in [1.29, 1.82) is 0 Å². The molecule has 1 aliphatic heterocycles. The maximum absolute atomic E-state index is 12.5. The van der Waals surface area contributed by atoms with Crippen LogP contribution in [0.15, 0.2) is 28.9 Å². The van der Waals surface area contributed by atoms with E-state index in [1.165, 1.54) is 0 Å². The molecule has 2 amide bonds. The summed E-state index contributed by atoms with van der Waals surface area (Å²) in [6, 6.07) is 5.86. The molecule has 0 saturated heterocycles. The number of hydrogen-bond donors (Lipinski definition) is 1. The molecule has 0 spiro atoms. The number of ether oxygens (including phenoxy) is 1. The zero-order chi connectivity index (χ0) is 18.0. The second-order valence-corrected chi connectivity index (χ2v) is 7.34. The quantitative estimate of drug-likeness (QED) is 0.923. The van der Waals surface area contributed by atoms with Gasteiger partial charge in [-0.25, -0.2) is 4.79 Å². The Bertz CT molecular complexity index is 729. The Balaban J connectivity index is 1.52. The predicted octanol–water partition coefficient (Wildman–Crippen LogP) is 3.08. The maximum Gasteiger partial charge on any atom is 0.318 e. The molecule has 0 saturated carbocycles. The number of aromatic nitrogens is 2. The van der Waals surface area contributed by atoms with Crippen molar-refractivity contribution in [3.05, 3.63) is 41.5 Å². The summed E-state index contributed by atoms with van der Waals surface area (Å²) in [5.74, 6) is 0.656. The summed E-state index contributed by atoms with van der Waals surface area (Å²) >= 11 is 0. The van der Waals surface area contributed by atoms with Crippen molar-refractivity contribution in [1.82, 2.24) is 19.9 Å². The van der Waals surface area contributed by atoms with Gasteiger partial charge in [0, 0.05) is 31.0 Å². The molecule has 7 heteroatoms. The zero-order valence-electron chi connectivity index (χ0n) is 15.3. The Morgan fingerprint density at radius 3 is 3.00 bits per heavy atom. The first kappa shape index (κ1) is 17.5. The Morgan fingerprint density at radius 1 is 1.44 bits per heavy atom. The Labute approximate surface area is 147 Å². The van der Waals surface area contributed by atoms with Crippen LogP contribution < -0.4 is 5.32 Å². The van der Waals surface area contributed by atoms with Crippen LogP contribution in [0.1, 0.15) is 50.9 Å². The lowest BCUT2D eigenvalue weighted by Gasteiger charge is -2.34. The summed E-state index contributed by atoms with van der Waals surface area (Å²) < 4.78 is 13.1. The lowest BCUT2D eigenvalue weighted by molar-refractivity contribution is -0.0241. The summed E-state index contributed by atoms with van der Waals surface area (Å²) in [4.78, 5) is 14.3. The highest BCUT2D eigenvalue weighted by Gasteiger charge is 2.27. The molecule has 3 heterocycles. The van der Waals surface area contributed by atoms with E-state index in [0.29, 0.717) is 31.2 Å². The molecule has 0 bridgehead atoms. The highest BCUT2D eigenvalue weighted by molar-refractivity contribution is 5.74. The first-order chi connectivity index (χ1) is 11.8. The minimum atomic E-state index is -0.233. The van der Waals surface area contributed by atoms with E-state index in [1.807, 2.05) is 44.7 Å². The number of rotatable bonds is 4. The number of hydrogen-bond acceptors (Lipinski definition) is 4. The van der Waals surface area contributed by atoms with Gasteiger partial charge in [0.05, 0.1) is 18.2 Å². The summed E-state index contributed by atoms with van der Waals surface area (Å²) in [6.07, 6.45) is 2.05. The molecule has 0 aliphatic carbocycles. The number of urea groups is 1. The second-order valence-electron chi connectivity index (χ2n) is 7.34. The van der Waals surface area contributed by atoms with E-state index in [0.717, 1.165) is 12.2 Å². The first-order valence-corrected chi connectivity index (χ1v) is 8.61. The van der Waals surface area contributed by atoms with Gasteiger partial charge in [-0.05, 0) is 39.8 Å². The third-order valence-corrected chi connectivity index (χ3v) is 4.28. The number of fused-ring (bicyclic) bond motifs is 1. The molecule has 7 nitrogen and oxygen atoms in total. The highest BCUT2D eigenvalue weighted by atomic mass is 16.5. The van der Waals surface area contributed by atoms with Gasteiger partial charge in [0.1, 0.15) is 12.3 Å². The molecule has 3 rings (SSSR count). The molecule has 0 aromatic carbocycles. The van der Waals surface area contributed by atoms with Gasteiger partial charge < -0.3 is 24.0 Å². The van der Waals surface area contributed by atoms with Crippen molar-refractivity contribution in [2.75, 3.05) is 6.54 Å². The van der Waals surface area contributed by atoms with E-state index in [4.69, 9.17) is 9.26 Å². The van der Waals surface area contributed by atoms with E-state index in [9.17, 15) is 4.79 Å². The third kappa shape index (κ3) is 4.22. The molecule has 1 N–H and O–H groups in total. The minimum Gasteiger partial charge on any atom is -0.368 e. The largest absolute Gasteiger partial charge is 0.368 e. The average molecular weight is 346 g/mol. The fraction of sp³-hybridized carbons (Fsp3) is 0.556. The van der Waals surface area contributed by atoms with Crippen LogP contribution in [-0.2, 0) is 24.4 Å². The molecule has 136 valence electrons. The molecule has 0 radical (unpaired) electrons. The minimum absolute atomic E-state index is 0.0526. The summed E-state index contributed by atoms with van der Waals surface area (Å²) in [6.45, 7) is 10.2. The predicted molar refractivity (Wildman–Crippen MR) is 92.8 cm³/mol. The van der Waals surface area contributed by atoms with Crippen LogP contribution in [0.3, 0.4) is 0 Å². The number of amides is 2. The Kier molecular flexibility index (Phi) is 4.85. The highest BCUT2D eigenvalue weighted by Crippen LogP contribution is 2.25. The SMILES string of the molecule is C[C@H]1c2cccn2CCN1C(=O)NCc1cc(COC(C)(C)C)on1. The van der Waals surface area contributed by atoms with Crippen LogP contribution in [0.4, 0.5) is 4.79 Å². The average Bonchev–Trinajstić information content (AvgIpc) is 3.20. The smallest absolute Gasteiger partial charge is 0.318 e. The summed E-state index contributed by atoms with van der Waals surface area (Å²) in [5.41, 5.74) is 1.61. The molecule has 25 heavy (non-hydrogen) atoms. The molecule has 0 fully saturated rings. The normalized spacial score (nSPS) is 17.4. The topological polar surface area (TPSA) is 72.5 Å².